The van der Waals surface area contributed by atoms with E-state index in [1.807, 2.05) is 44.2 Å². The molecule has 2 aromatic carbocycles. The molecule has 0 bridgehead atoms. The summed E-state index contributed by atoms with van der Waals surface area (Å²) in [5.41, 5.74) is 1.79. The highest BCUT2D eigenvalue weighted by Gasteiger charge is 2.24. The first kappa shape index (κ1) is 13.5. The van der Waals surface area contributed by atoms with Gasteiger partial charge in [-0.3, -0.25) is 4.79 Å². The number of rotatable bonds is 4. The Balaban J connectivity index is 2.46. The maximum Gasteiger partial charge on any atom is 0.147 e. The quantitative estimate of drug-likeness (QED) is 0.802. The van der Waals surface area contributed by atoms with Crippen molar-refractivity contribution in [3.05, 3.63) is 71.5 Å². The Labute approximate surface area is 113 Å². The van der Waals surface area contributed by atoms with Crippen LogP contribution in [-0.4, -0.2) is 5.78 Å². The fraction of sp³-hybridized carbons (Fsp3) is 0.235. The predicted octanol–water partition coefficient (Wildman–Crippen LogP) is 4.18. The summed E-state index contributed by atoms with van der Waals surface area (Å²) in [6.45, 7) is 3.78. The molecule has 0 saturated heterocycles. The average Bonchev–Trinajstić information content (AvgIpc) is 2.42. The Hall–Kier alpha value is -1.96. The molecule has 0 aromatic heterocycles. The van der Waals surface area contributed by atoms with Crippen LogP contribution in [0.15, 0.2) is 54.6 Å². The van der Waals surface area contributed by atoms with Crippen molar-refractivity contribution in [1.82, 2.24) is 0 Å². The van der Waals surface area contributed by atoms with Gasteiger partial charge >= 0.3 is 0 Å². The van der Waals surface area contributed by atoms with Gasteiger partial charge in [0.25, 0.3) is 0 Å². The SMILES string of the molecule is CC(C)C(=O)C(c1ccccc1)c1ccc(F)cc1. The molecule has 0 amide bonds. The fourth-order valence-corrected chi connectivity index (χ4v) is 2.16. The zero-order valence-corrected chi connectivity index (χ0v) is 11.1. The second-order valence-corrected chi connectivity index (χ2v) is 4.95. The van der Waals surface area contributed by atoms with Crippen molar-refractivity contribution in [2.45, 2.75) is 19.8 Å². The van der Waals surface area contributed by atoms with Crippen LogP contribution in [0.4, 0.5) is 4.39 Å². The molecule has 2 rings (SSSR count). The van der Waals surface area contributed by atoms with Gasteiger partial charge in [0.05, 0.1) is 5.92 Å². The molecular formula is C17H17FO. The average molecular weight is 256 g/mol. The number of halogens is 1. The normalized spacial score (nSPS) is 12.4. The van der Waals surface area contributed by atoms with Gasteiger partial charge in [-0.1, -0.05) is 56.3 Å². The van der Waals surface area contributed by atoms with Crippen molar-refractivity contribution in [3.63, 3.8) is 0 Å². The zero-order chi connectivity index (χ0) is 13.8. The molecule has 1 atom stereocenters. The highest BCUT2D eigenvalue weighted by molar-refractivity contribution is 5.90. The first-order valence-corrected chi connectivity index (χ1v) is 6.43. The summed E-state index contributed by atoms with van der Waals surface area (Å²) in [5, 5.41) is 0. The van der Waals surface area contributed by atoms with Gasteiger partial charge in [0.1, 0.15) is 11.6 Å². The van der Waals surface area contributed by atoms with E-state index in [0.717, 1.165) is 11.1 Å². The highest BCUT2D eigenvalue weighted by atomic mass is 19.1. The molecule has 1 nitrogen and oxygen atoms in total. The standard InChI is InChI=1S/C17H17FO/c1-12(2)17(19)16(13-6-4-3-5-7-13)14-8-10-15(18)11-9-14/h3-12,16H,1-2H3. The van der Waals surface area contributed by atoms with Crippen molar-refractivity contribution in [2.24, 2.45) is 5.92 Å². The third kappa shape index (κ3) is 3.08. The van der Waals surface area contributed by atoms with E-state index in [1.165, 1.54) is 12.1 Å². The minimum Gasteiger partial charge on any atom is -0.298 e. The summed E-state index contributed by atoms with van der Waals surface area (Å²) < 4.78 is 13.0. The Morgan fingerprint density at radius 2 is 1.42 bits per heavy atom. The van der Waals surface area contributed by atoms with Crippen LogP contribution in [-0.2, 0) is 4.79 Å². The molecule has 2 aromatic rings. The summed E-state index contributed by atoms with van der Waals surface area (Å²) in [7, 11) is 0. The first-order chi connectivity index (χ1) is 9.09. The lowest BCUT2D eigenvalue weighted by molar-refractivity contribution is -0.122. The van der Waals surface area contributed by atoms with Crippen LogP contribution in [0.5, 0.6) is 0 Å². The van der Waals surface area contributed by atoms with Gasteiger partial charge in [-0.15, -0.1) is 0 Å². The topological polar surface area (TPSA) is 17.1 Å². The summed E-state index contributed by atoms with van der Waals surface area (Å²) in [6.07, 6.45) is 0. The lowest BCUT2D eigenvalue weighted by Gasteiger charge is -2.19. The van der Waals surface area contributed by atoms with Gasteiger partial charge in [0.2, 0.25) is 0 Å². The summed E-state index contributed by atoms with van der Waals surface area (Å²) in [6, 6.07) is 15.8. The van der Waals surface area contributed by atoms with E-state index in [2.05, 4.69) is 0 Å². The van der Waals surface area contributed by atoms with Crippen LogP contribution in [0.25, 0.3) is 0 Å². The summed E-state index contributed by atoms with van der Waals surface area (Å²) in [5.74, 6) is -0.512. The maximum absolute atomic E-state index is 13.0. The predicted molar refractivity (Wildman–Crippen MR) is 74.5 cm³/mol. The Bertz CT molecular complexity index is 543. The summed E-state index contributed by atoms with van der Waals surface area (Å²) >= 11 is 0. The van der Waals surface area contributed by atoms with Crippen molar-refractivity contribution in [2.75, 3.05) is 0 Å². The zero-order valence-electron chi connectivity index (χ0n) is 11.1. The third-order valence-electron chi connectivity index (χ3n) is 3.19. The molecule has 0 radical (unpaired) electrons. The molecular weight excluding hydrogens is 239 g/mol. The van der Waals surface area contributed by atoms with E-state index < -0.39 is 0 Å². The number of carbonyl (C=O) groups excluding carboxylic acids is 1. The largest absolute Gasteiger partial charge is 0.298 e. The second-order valence-electron chi connectivity index (χ2n) is 4.95. The smallest absolute Gasteiger partial charge is 0.147 e. The van der Waals surface area contributed by atoms with Gasteiger partial charge in [-0.05, 0) is 23.3 Å². The number of benzene rings is 2. The van der Waals surface area contributed by atoms with Crippen molar-refractivity contribution in [1.29, 1.82) is 0 Å². The maximum atomic E-state index is 13.0. The number of hydrogen-bond acceptors (Lipinski definition) is 1. The monoisotopic (exact) mass is 256 g/mol. The Morgan fingerprint density at radius 3 is 1.95 bits per heavy atom. The lowest BCUT2D eigenvalue weighted by Crippen LogP contribution is -2.19. The van der Waals surface area contributed by atoms with E-state index in [0.29, 0.717) is 0 Å². The number of carbonyl (C=O) groups is 1. The van der Waals surface area contributed by atoms with Gasteiger partial charge in [0, 0.05) is 5.92 Å². The first-order valence-electron chi connectivity index (χ1n) is 6.43. The molecule has 0 saturated carbocycles. The number of hydrogen-bond donors (Lipinski definition) is 0. The molecule has 0 fully saturated rings. The summed E-state index contributed by atoms with van der Waals surface area (Å²) in [4.78, 5) is 12.4. The van der Waals surface area contributed by atoms with Gasteiger partial charge in [0.15, 0.2) is 0 Å². The molecule has 0 aliphatic carbocycles. The number of ketones is 1. The van der Waals surface area contributed by atoms with Crippen molar-refractivity contribution < 1.29 is 9.18 Å². The van der Waals surface area contributed by atoms with E-state index in [1.54, 1.807) is 12.1 Å². The number of Topliss-reactive ketones (excluding diaryl/α,β-unsaturated/α-hetero) is 1. The fourth-order valence-electron chi connectivity index (χ4n) is 2.16. The van der Waals surface area contributed by atoms with Gasteiger partial charge < -0.3 is 0 Å². The highest BCUT2D eigenvalue weighted by Crippen LogP contribution is 2.28. The van der Waals surface area contributed by atoms with Crippen LogP contribution >= 0.6 is 0 Å². The van der Waals surface area contributed by atoms with Crippen LogP contribution in [0, 0.1) is 11.7 Å². The van der Waals surface area contributed by atoms with E-state index in [9.17, 15) is 9.18 Å². The third-order valence-corrected chi connectivity index (χ3v) is 3.19. The van der Waals surface area contributed by atoms with Crippen LogP contribution in [0.2, 0.25) is 0 Å². The molecule has 0 heterocycles. The molecule has 1 unspecified atom stereocenters. The minimum absolute atomic E-state index is 0.0599. The molecule has 0 spiro atoms. The van der Waals surface area contributed by atoms with Crippen molar-refractivity contribution in [3.8, 4) is 0 Å². The molecule has 0 N–H and O–H groups in total. The van der Waals surface area contributed by atoms with Crippen molar-refractivity contribution >= 4 is 5.78 Å². The molecule has 98 valence electrons. The second kappa shape index (κ2) is 5.79. The van der Waals surface area contributed by atoms with Crippen LogP contribution in [0.1, 0.15) is 30.9 Å². The Kier molecular flexibility index (Phi) is 4.10. The van der Waals surface area contributed by atoms with Crippen LogP contribution < -0.4 is 0 Å². The van der Waals surface area contributed by atoms with Crippen LogP contribution in [0.3, 0.4) is 0 Å². The van der Waals surface area contributed by atoms with E-state index in [4.69, 9.17) is 0 Å². The van der Waals surface area contributed by atoms with E-state index >= 15 is 0 Å². The van der Waals surface area contributed by atoms with E-state index in [-0.39, 0.29) is 23.4 Å². The Morgan fingerprint density at radius 1 is 0.895 bits per heavy atom. The minimum atomic E-state index is -0.318. The molecule has 19 heavy (non-hydrogen) atoms. The van der Waals surface area contributed by atoms with Gasteiger partial charge in [-0.2, -0.15) is 0 Å². The molecule has 2 heteroatoms. The lowest BCUT2D eigenvalue weighted by atomic mass is 9.83. The molecule has 0 aliphatic rings. The molecule has 0 aliphatic heterocycles. The van der Waals surface area contributed by atoms with Gasteiger partial charge in [-0.25, -0.2) is 4.39 Å².